The third-order valence-corrected chi connectivity index (χ3v) is 5.88. The normalized spacial score (nSPS) is 15.0. The summed E-state index contributed by atoms with van der Waals surface area (Å²) in [6.45, 7) is 6.78. The second-order valence-corrected chi connectivity index (χ2v) is 7.76. The van der Waals surface area contributed by atoms with E-state index in [-0.39, 0.29) is 6.10 Å². The van der Waals surface area contributed by atoms with Gasteiger partial charge in [-0.2, -0.15) is 5.26 Å². The molecule has 1 aliphatic carbocycles. The van der Waals surface area contributed by atoms with Crippen LogP contribution in [0, 0.1) is 11.3 Å². The summed E-state index contributed by atoms with van der Waals surface area (Å²) < 4.78 is 14.0. The number of aromatic nitrogens is 1. The van der Waals surface area contributed by atoms with Gasteiger partial charge in [-0.05, 0) is 87.6 Å². The number of hydrogen-bond donors (Lipinski definition) is 0. The van der Waals surface area contributed by atoms with Crippen LogP contribution in [0.25, 0.3) is 22.2 Å². The first-order valence-electron chi connectivity index (χ1n) is 10.6. The summed E-state index contributed by atoms with van der Waals surface area (Å²) in [7, 11) is 0. The molecule has 0 spiro atoms. The van der Waals surface area contributed by atoms with Crippen molar-refractivity contribution in [1.29, 1.82) is 5.26 Å². The van der Waals surface area contributed by atoms with Crippen LogP contribution in [0.5, 0.6) is 11.5 Å². The van der Waals surface area contributed by atoms with Gasteiger partial charge in [0.15, 0.2) is 0 Å². The van der Waals surface area contributed by atoms with Gasteiger partial charge in [-0.15, -0.1) is 0 Å². The van der Waals surface area contributed by atoms with Gasteiger partial charge in [0, 0.05) is 11.4 Å². The highest BCUT2D eigenvalue weighted by Gasteiger charge is 2.28. The molecule has 4 rings (SSSR count). The predicted molar refractivity (Wildman–Crippen MR) is 117 cm³/mol. The SMILES string of the molecule is CCOc1ccc2c(c1)c(C#N)c(-c1ccc(OC(C)CC)cc1)n2C1CCC1. The van der Waals surface area contributed by atoms with E-state index in [9.17, 15) is 5.26 Å². The van der Waals surface area contributed by atoms with Gasteiger partial charge in [0.2, 0.25) is 0 Å². The highest BCUT2D eigenvalue weighted by atomic mass is 16.5. The van der Waals surface area contributed by atoms with E-state index in [1.165, 1.54) is 6.42 Å². The molecule has 0 bridgehead atoms. The number of fused-ring (bicyclic) bond motifs is 1. The molecule has 1 unspecified atom stereocenters. The van der Waals surface area contributed by atoms with Gasteiger partial charge < -0.3 is 14.0 Å². The van der Waals surface area contributed by atoms with Crippen molar-refractivity contribution < 1.29 is 9.47 Å². The number of ether oxygens (including phenoxy) is 2. The lowest BCUT2D eigenvalue weighted by atomic mass is 9.92. The lowest BCUT2D eigenvalue weighted by Crippen LogP contribution is -2.17. The lowest BCUT2D eigenvalue weighted by molar-refractivity contribution is 0.217. The van der Waals surface area contributed by atoms with E-state index >= 15 is 0 Å². The molecule has 1 heterocycles. The van der Waals surface area contributed by atoms with Gasteiger partial charge in [0.25, 0.3) is 0 Å². The van der Waals surface area contributed by atoms with Crippen molar-refractivity contribution in [2.75, 3.05) is 6.61 Å². The second-order valence-electron chi connectivity index (χ2n) is 7.76. The van der Waals surface area contributed by atoms with E-state index in [4.69, 9.17) is 9.47 Å². The molecule has 0 radical (unpaired) electrons. The first kappa shape index (κ1) is 19.4. The van der Waals surface area contributed by atoms with E-state index in [0.717, 1.165) is 58.5 Å². The Morgan fingerprint density at radius 3 is 2.41 bits per heavy atom. The Labute approximate surface area is 172 Å². The zero-order valence-electron chi connectivity index (χ0n) is 17.4. The molecule has 0 aliphatic heterocycles. The van der Waals surface area contributed by atoms with Crippen LogP contribution in [0.3, 0.4) is 0 Å². The number of benzene rings is 2. The van der Waals surface area contributed by atoms with Gasteiger partial charge in [-0.3, -0.25) is 0 Å². The summed E-state index contributed by atoms with van der Waals surface area (Å²) in [4.78, 5) is 0. The minimum absolute atomic E-state index is 0.189. The molecule has 1 aliphatic rings. The van der Waals surface area contributed by atoms with Gasteiger partial charge in [-0.1, -0.05) is 6.92 Å². The van der Waals surface area contributed by atoms with Crippen LogP contribution in [0.1, 0.15) is 58.1 Å². The summed E-state index contributed by atoms with van der Waals surface area (Å²) in [6.07, 6.45) is 4.71. The molecule has 0 N–H and O–H groups in total. The van der Waals surface area contributed by atoms with Crippen LogP contribution in [0.2, 0.25) is 0 Å². The van der Waals surface area contributed by atoms with Crippen LogP contribution in [-0.2, 0) is 0 Å². The van der Waals surface area contributed by atoms with Crippen molar-refractivity contribution in [3.05, 3.63) is 48.0 Å². The lowest BCUT2D eigenvalue weighted by Gasteiger charge is -2.30. The maximum atomic E-state index is 10.1. The monoisotopic (exact) mass is 388 g/mol. The largest absolute Gasteiger partial charge is 0.494 e. The zero-order chi connectivity index (χ0) is 20.4. The van der Waals surface area contributed by atoms with Gasteiger partial charge >= 0.3 is 0 Å². The molecule has 1 aromatic heterocycles. The molecule has 0 saturated heterocycles. The fourth-order valence-electron chi connectivity index (χ4n) is 3.98. The number of nitriles is 1. The zero-order valence-corrected chi connectivity index (χ0v) is 17.4. The van der Waals surface area contributed by atoms with Crippen molar-refractivity contribution in [1.82, 2.24) is 4.57 Å². The number of rotatable bonds is 7. The summed E-state index contributed by atoms with van der Waals surface area (Å²) in [6, 6.07) is 17.2. The Balaban J connectivity index is 1.85. The first-order valence-corrected chi connectivity index (χ1v) is 10.6. The Bertz CT molecular complexity index is 1040. The van der Waals surface area contributed by atoms with E-state index < -0.39 is 0 Å². The highest BCUT2D eigenvalue weighted by molar-refractivity contribution is 5.95. The summed E-state index contributed by atoms with van der Waals surface area (Å²) in [5.74, 6) is 1.68. The van der Waals surface area contributed by atoms with Crippen LogP contribution < -0.4 is 9.47 Å². The summed E-state index contributed by atoms with van der Waals surface area (Å²) in [5.41, 5.74) is 3.91. The molecular weight excluding hydrogens is 360 g/mol. The molecule has 2 aromatic carbocycles. The molecule has 4 nitrogen and oxygen atoms in total. The van der Waals surface area contributed by atoms with Gasteiger partial charge in [0.1, 0.15) is 17.6 Å². The molecular formula is C25H28N2O2. The molecule has 0 amide bonds. The Kier molecular flexibility index (Phi) is 5.49. The topological polar surface area (TPSA) is 47.2 Å². The fraction of sp³-hybridized carbons (Fsp3) is 0.400. The Morgan fingerprint density at radius 2 is 1.83 bits per heavy atom. The highest BCUT2D eigenvalue weighted by Crippen LogP contribution is 2.43. The molecule has 4 heteroatoms. The molecule has 150 valence electrons. The van der Waals surface area contributed by atoms with E-state index in [2.05, 4.69) is 42.7 Å². The number of nitrogens with zero attached hydrogens (tertiary/aromatic N) is 2. The first-order chi connectivity index (χ1) is 14.2. The van der Waals surface area contributed by atoms with Crippen molar-refractivity contribution in [3.8, 4) is 28.8 Å². The molecule has 1 saturated carbocycles. The quantitative estimate of drug-likeness (QED) is 0.465. The predicted octanol–water partition coefficient (Wildman–Crippen LogP) is 6.48. The van der Waals surface area contributed by atoms with Crippen LogP contribution in [0.15, 0.2) is 42.5 Å². The minimum atomic E-state index is 0.189. The fourth-order valence-corrected chi connectivity index (χ4v) is 3.98. The van der Waals surface area contributed by atoms with Crippen LogP contribution in [-0.4, -0.2) is 17.3 Å². The van der Waals surface area contributed by atoms with Gasteiger partial charge in [-0.25, -0.2) is 0 Å². The third-order valence-electron chi connectivity index (χ3n) is 5.88. The molecule has 3 aromatic rings. The van der Waals surface area contributed by atoms with E-state index in [1.807, 2.05) is 31.2 Å². The van der Waals surface area contributed by atoms with Crippen molar-refractivity contribution >= 4 is 10.9 Å². The minimum Gasteiger partial charge on any atom is -0.494 e. The Morgan fingerprint density at radius 1 is 1.10 bits per heavy atom. The summed E-state index contributed by atoms with van der Waals surface area (Å²) in [5, 5.41) is 11.0. The van der Waals surface area contributed by atoms with E-state index in [0.29, 0.717) is 12.6 Å². The van der Waals surface area contributed by atoms with Crippen molar-refractivity contribution in [2.24, 2.45) is 0 Å². The van der Waals surface area contributed by atoms with Gasteiger partial charge in [0.05, 0.1) is 29.5 Å². The molecule has 29 heavy (non-hydrogen) atoms. The van der Waals surface area contributed by atoms with E-state index in [1.54, 1.807) is 0 Å². The van der Waals surface area contributed by atoms with Crippen LogP contribution in [0.4, 0.5) is 0 Å². The molecule has 1 fully saturated rings. The molecule has 1 atom stereocenters. The maximum Gasteiger partial charge on any atom is 0.120 e. The van der Waals surface area contributed by atoms with Crippen molar-refractivity contribution in [2.45, 2.75) is 58.6 Å². The smallest absolute Gasteiger partial charge is 0.120 e. The average molecular weight is 389 g/mol. The third kappa shape index (κ3) is 3.58. The Hall–Kier alpha value is -2.93. The van der Waals surface area contributed by atoms with Crippen LogP contribution >= 0.6 is 0 Å². The van der Waals surface area contributed by atoms with Crippen molar-refractivity contribution in [3.63, 3.8) is 0 Å². The summed E-state index contributed by atoms with van der Waals surface area (Å²) >= 11 is 0. The average Bonchev–Trinajstić information content (AvgIpc) is 3.01. The maximum absolute atomic E-state index is 10.1. The second kappa shape index (κ2) is 8.21. The standard InChI is InChI=1S/C25H28N2O2/c1-4-17(3)29-20-11-9-18(10-12-20)25-23(16-26)22-15-21(28-5-2)13-14-24(22)27(25)19-7-6-8-19/h9-15,17,19H,4-8H2,1-3H3. The number of hydrogen-bond acceptors (Lipinski definition) is 3.